The summed E-state index contributed by atoms with van der Waals surface area (Å²) in [5.74, 6) is 0. The molecule has 0 amide bonds. The van der Waals surface area contributed by atoms with Gasteiger partial charge in [-0.05, 0) is 71.4 Å². The van der Waals surface area contributed by atoms with E-state index < -0.39 is 0 Å². The van der Waals surface area contributed by atoms with Gasteiger partial charge in [-0.2, -0.15) is 0 Å². The largest absolute Gasteiger partial charge is 0.454 e. The molecule has 0 saturated carbocycles. The van der Waals surface area contributed by atoms with Gasteiger partial charge in [0.2, 0.25) is 5.71 Å². The Bertz CT molecular complexity index is 2010. The molecular formula is C32H19N3O2. The van der Waals surface area contributed by atoms with Crippen molar-refractivity contribution < 1.29 is 8.83 Å². The molecule has 0 aliphatic heterocycles. The molecule has 4 aromatic heterocycles. The highest BCUT2D eigenvalue weighted by molar-refractivity contribution is 6.06. The summed E-state index contributed by atoms with van der Waals surface area (Å²) in [6.45, 7) is 0. The Hall–Kier alpha value is -5.16. The smallest absolute Gasteiger partial charge is 0.227 e. The molecule has 8 rings (SSSR count). The number of pyridine rings is 2. The molecule has 0 atom stereocenters. The molecule has 174 valence electrons. The lowest BCUT2D eigenvalue weighted by molar-refractivity contribution is 0.654. The molecule has 37 heavy (non-hydrogen) atoms. The number of hydrogen-bond acceptors (Lipinski definition) is 5. The van der Waals surface area contributed by atoms with E-state index in [2.05, 4.69) is 93.7 Å². The zero-order valence-electron chi connectivity index (χ0n) is 19.6. The van der Waals surface area contributed by atoms with Crippen LogP contribution in [0.5, 0.6) is 0 Å². The molecule has 0 spiro atoms. The third-order valence-corrected chi connectivity index (χ3v) is 6.95. The van der Waals surface area contributed by atoms with E-state index in [0.717, 1.165) is 55.5 Å². The van der Waals surface area contributed by atoms with Crippen molar-refractivity contribution in [2.75, 3.05) is 4.90 Å². The summed E-state index contributed by atoms with van der Waals surface area (Å²) in [4.78, 5) is 11.2. The second-order valence-electron chi connectivity index (χ2n) is 9.14. The minimum Gasteiger partial charge on any atom is -0.454 e. The van der Waals surface area contributed by atoms with Gasteiger partial charge in [-0.3, -0.25) is 4.98 Å². The Balaban J connectivity index is 1.37. The summed E-state index contributed by atoms with van der Waals surface area (Å²) >= 11 is 0. The van der Waals surface area contributed by atoms with E-state index in [-0.39, 0.29) is 0 Å². The van der Waals surface area contributed by atoms with E-state index in [1.165, 1.54) is 10.8 Å². The number of rotatable bonds is 3. The summed E-state index contributed by atoms with van der Waals surface area (Å²) in [5, 5.41) is 5.43. The quantitative estimate of drug-likeness (QED) is 0.254. The van der Waals surface area contributed by atoms with Gasteiger partial charge in [-0.15, -0.1) is 0 Å². The first-order chi connectivity index (χ1) is 18.3. The van der Waals surface area contributed by atoms with Crippen LogP contribution in [0.1, 0.15) is 0 Å². The van der Waals surface area contributed by atoms with E-state index in [1.807, 2.05) is 24.3 Å². The molecule has 5 nitrogen and oxygen atoms in total. The summed E-state index contributed by atoms with van der Waals surface area (Å²) in [6.07, 6.45) is 3.55. The normalized spacial score (nSPS) is 11.8. The van der Waals surface area contributed by atoms with Crippen molar-refractivity contribution in [3.05, 3.63) is 116 Å². The van der Waals surface area contributed by atoms with E-state index in [9.17, 15) is 0 Å². The molecule has 0 fully saturated rings. The van der Waals surface area contributed by atoms with Crippen molar-refractivity contribution in [3.63, 3.8) is 0 Å². The van der Waals surface area contributed by atoms with Gasteiger partial charge in [0.05, 0.1) is 0 Å². The van der Waals surface area contributed by atoms with Gasteiger partial charge in [-0.1, -0.05) is 30.3 Å². The topological polar surface area (TPSA) is 55.3 Å². The molecule has 8 aromatic rings. The predicted octanol–water partition coefficient (Wildman–Crippen LogP) is 8.90. The maximum Gasteiger partial charge on any atom is 0.227 e. The number of benzene rings is 4. The second-order valence-corrected chi connectivity index (χ2v) is 9.14. The summed E-state index contributed by atoms with van der Waals surface area (Å²) in [6, 6.07) is 35.3. The second kappa shape index (κ2) is 7.67. The zero-order chi connectivity index (χ0) is 24.3. The molecule has 4 aromatic carbocycles. The maximum absolute atomic E-state index is 6.18. The standard InChI is InChI=1S/C32H19N3O2/c1-2-6-21-17-22(10-9-20(21)5-1)35(23-11-13-25-26-7-3-16-34-32(26)37-29(25)18-23)24-12-14-27-30(19-24)36-28-8-4-15-33-31(27)28/h1-19H. The number of fused-ring (bicyclic) bond motifs is 7. The average molecular weight is 478 g/mol. The Labute approximate surface area is 211 Å². The van der Waals surface area contributed by atoms with Gasteiger partial charge in [-0.25, -0.2) is 4.98 Å². The van der Waals surface area contributed by atoms with Gasteiger partial charge in [0, 0.05) is 57.7 Å². The van der Waals surface area contributed by atoms with Gasteiger partial charge in [0.1, 0.15) is 16.7 Å². The molecule has 0 bridgehead atoms. The molecule has 0 saturated heterocycles. The van der Waals surface area contributed by atoms with Gasteiger partial charge < -0.3 is 13.7 Å². The Morgan fingerprint density at radius 2 is 1.19 bits per heavy atom. The Kier molecular flexibility index (Phi) is 4.16. The van der Waals surface area contributed by atoms with Crippen molar-refractivity contribution >= 4 is 72.0 Å². The molecule has 0 N–H and O–H groups in total. The molecule has 4 heterocycles. The Morgan fingerprint density at radius 3 is 2.08 bits per heavy atom. The maximum atomic E-state index is 6.18. The van der Waals surface area contributed by atoms with Crippen LogP contribution in [0.15, 0.2) is 124 Å². The van der Waals surface area contributed by atoms with E-state index >= 15 is 0 Å². The lowest BCUT2D eigenvalue weighted by Gasteiger charge is -2.25. The monoisotopic (exact) mass is 477 g/mol. The minimum absolute atomic E-state index is 0.642. The lowest BCUT2D eigenvalue weighted by atomic mass is 10.1. The molecule has 0 unspecified atom stereocenters. The molecular weight excluding hydrogens is 458 g/mol. The highest BCUT2D eigenvalue weighted by atomic mass is 16.3. The van der Waals surface area contributed by atoms with Crippen LogP contribution in [0.3, 0.4) is 0 Å². The van der Waals surface area contributed by atoms with Crippen molar-refractivity contribution in [1.82, 2.24) is 9.97 Å². The van der Waals surface area contributed by atoms with E-state index in [0.29, 0.717) is 5.71 Å². The third kappa shape index (κ3) is 3.11. The molecule has 0 aliphatic rings. The number of hydrogen-bond donors (Lipinski definition) is 0. The van der Waals surface area contributed by atoms with Crippen LogP contribution in [0, 0.1) is 0 Å². The van der Waals surface area contributed by atoms with Gasteiger partial charge in [0.25, 0.3) is 0 Å². The zero-order valence-corrected chi connectivity index (χ0v) is 19.6. The first kappa shape index (κ1) is 20.1. The number of anilines is 3. The van der Waals surface area contributed by atoms with Crippen LogP contribution in [-0.4, -0.2) is 9.97 Å². The first-order valence-electron chi connectivity index (χ1n) is 12.2. The molecule has 0 aliphatic carbocycles. The van der Waals surface area contributed by atoms with Crippen LogP contribution in [0.4, 0.5) is 17.1 Å². The first-order valence-corrected chi connectivity index (χ1v) is 12.2. The number of nitrogens with zero attached hydrogens (tertiary/aromatic N) is 3. The van der Waals surface area contributed by atoms with Crippen molar-refractivity contribution in [1.29, 1.82) is 0 Å². The Morgan fingerprint density at radius 1 is 0.486 bits per heavy atom. The highest BCUT2D eigenvalue weighted by Gasteiger charge is 2.18. The highest BCUT2D eigenvalue weighted by Crippen LogP contribution is 2.41. The summed E-state index contributed by atoms with van der Waals surface area (Å²) < 4.78 is 12.3. The van der Waals surface area contributed by atoms with Crippen LogP contribution in [0.25, 0.3) is 54.9 Å². The fraction of sp³-hybridized carbons (Fsp3) is 0. The van der Waals surface area contributed by atoms with Crippen LogP contribution < -0.4 is 4.90 Å². The van der Waals surface area contributed by atoms with Gasteiger partial charge in [0.15, 0.2) is 5.58 Å². The summed E-state index contributed by atoms with van der Waals surface area (Å²) in [5.41, 5.74) is 6.90. The van der Waals surface area contributed by atoms with Crippen LogP contribution in [0.2, 0.25) is 0 Å². The average Bonchev–Trinajstić information content (AvgIpc) is 3.50. The predicted molar refractivity (Wildman–Crippen MR) is 149 cm³/mol. The van der Waals surface area contributed by atoms with Crippen molar-refractivity contribution in [2.24, 2.45) is 0 Å². The number of aromatic nitrogens is 2. The van der Waals surface area contributed by atoms with E-state index in [1.54, 1.807) is 12.4 Å². The lowest BCUT2D eigenvalue weighted by Crippen LogP contribution is -2.09. The SMILES string of the molecule is c1ccc2cc(N(c3ccc4c(c3)oc3ncccc34)c3ccc4c(c3)oc3cccnc34)ccc2c1. The number of furan rings is 2. The minimum atomic E-state index is 0.642. The van der Waals surface area contributed by atoms with Crippen LogP contribution in [-0.2, 0) is 0 Å². The van der Waals surface area contributed by atoms with E-state index in [4.69, 9.17) is 8.83 Å². The van der Waals surface area contributed by atoms with Crippen LogP contribution >= 0.6 is 0 Å². The molecule has 0 radical (unpaired) electrons. The van der Waals surface area contributed by atoms with Gasteiger partial charge >= 0.3 is 0 Å². The third-order valence-electron chi connectivity index (χ3n) is 6.95. The fourth-order valence-corrected chi connectivity index (χ4v) is 5.23. The van der Waals surface area contributed by atoms with Crippen molar-refractivity contribution in [2.45, 2.75) is 0 Å². The molecule has 5 heteroatoms. The fourth-order valence-electron chi connectivity index (χ4n) is 5.23. The summed E-state index contributed by atoms with van der Waals surface area (Å²) in [7, 11) is 0. The van der Waals surface area contributed by atoms with Crippen molar-refractivity contribution in [3.8, 4) is 0 Å².